The first-order valence-corrected chi connectivity index (χ1v) is 7.44. The quantitative estimate of drug-likeness (QED) is 0.816. The molecule has 0 bridgehead atoms. The molecular weight excluding hydrogens is 260 g/mol. The number of carbonyl (C=O) groups excluding carboxylic acids is 1. The molecule has 19 heavy (non-hydrogen) atoms. The summed E-state index contributed by atoms with van der Waals surface area (Å²) in [7, 11) is 1.43. The third-order valence-corrected chi connectivity index (χ3v) is 3.90. The zero-order valence-corrected chi connectivity index (χ0v) is 13.4. The van der Waals surface area contributed by atoms with Crippen molar-refractivity contribution in [1.29, 1.82) is 0 Å². The van der Waals surface area contributed by atoms with Crippen LogP contribution >= 0.6 is 11.3 Å². The number of carbonyl (C=O) groups is 1. The summed E-state index contributed by atoms with van der Waals surface area (Å²) in [5.41, 5.74) is 1.03. The third kappa shape index (κ3) is 4.58. The molecule has 1 N–H and O–H groups in total. The van der Waals surface area contributed by atoms with Gasteiger partial charge in [-0.25, -0.2) is 4.98 Å². The van der Waals surface area contributed by atoms with Crippen LogP contribution in [0.5, 0.6) is 0 Å². The number of nitrogens with one attached hydrogen (secondary N) is 1. The lowest BCUT2D eigenvalue weighted by Gasteiger charge is -2.22. The van der Waals surface area contributed by atoms with Crippen molar-refractivity contribution in [2.75, 3.05) is 7.11 Å². The van der Waals surface area contributed by atoms with Gasteiger partial charge in [-0.15, -0.1) is 11.3 Å². The molecule has 0 saturated carbocycles. The van der Waals surface area contributed by atoms with Crippen molar-refractivity contribution in [1.82, 2.24) is 10.3 Å². The Hall–Kier alpha value is -0.940. The highest BCUT2D eigenvalue weighted by Crippen LogP contribution is 2.23. The number of aryl methyl sites for hydroxylation is 2. The molecule has 1 aromatic heterocycles. The Morgan fingerprint density at radius 1 is 1.37 bits per heavy atom. The van der Waals surface area contributed by atoms with Crippen molar-refractivity contribution in [3.8, 4) is 0 Å². The number of esters is 1. The summed E-state index contributed by atoms with van der Waals surface area (Å²) >= 11 is 1.69. The van der Waals surface area contributed by atoms with Crippen molar-refractivity contribution in [2.45, 2.75) is 53.1 Å². The maximum absolute atomic E-state index is 11.8. The van der Waals surface area contributed by atoms with Gasteiger partial charge in [0.1, 0.15) is 6.04 Å². The van der Waals surface area contributed by atoms with Crippen LogP contribution in [-0.4, -0.2) is 24.1 Å². The van der Waals surface area contributed by atoms with Gasteiger partial charge in [0.05, 0.1) is 17.8 Å². The van der Waals surface area contributed by atoms with E-state index in [-0.39, 0.29) is 18.1 Å². The smallest absolute Gasteiger partial charge is 0.322 e. The lowest BCUT2D eigenvalue weighted by Crippen LogP contribution is -2.40. The lowest BCUT2D eigenvalue weighted by molar-refractivity contribution is -0.143. The summed E-state index contributed by atoms with van der Waals surface area (Å²) in [6, 6.07) is -0.228. The normalized spacial score (nSPS) is 14.5. The number of ether oxygens (including phenoxy) is 1. The molecule has 0 spiro atoms. The number of hydrogen-bond donors (Lipinski definition) is 1. The molecule has 0 aliphatic carbocycles. The lowest BCUT2D eigenvalue weighted by atomic mass is 10.0. The zero-order valence-electron chi connectivity index (χ0n) is 12.6. The summed E-state index contributed by atoms with van der Waals surface area (Å²) < 4.78 is 4.87. The van der Waals surface area contributed by atoms with Crippen LogP contribution in [0.25, 0.3) is 0 Å². The summed E-state index contributed by atoms with van der Waals surface area (Å²) in [5.74, 6) is 0.229. The second-order valence-corrected chi connectivity index (χ2v) is 6.68. The van der Waals surface area contributed by atoms with Gasteiger partial charge in [0.15, 0.2) is 0 Å². The number of rotatable bonds is 6. The van der Waals surface area contributed by atoms with E-state index >= 15 is 0 Å². The fourth-order valence-corrected chi connectivity index (χ4v) is 3.09. The van der Waals surface area contributed by atoms with Crippen LogP contribution in [0.1, 0.15) is 48.8 Å². The Morgan fingerprint density at radius 3 is 2.42 bits per heavy atom. The maximum Gasteiger partial charge on any atom is 0.322 e. The molecule has 1 aromatic rings. The number of hydrogen-bond acceptors (Lipinski definition) is 5. The van der Waals surface area contributed by atoms with Crippen LogP contribution < -0.4 is 5.32 Å². The third-order valence-electron chi connectivity index (χ3n) is 2.99. The van der Waals surface area contributed by atoms with Crippen LogP contribution in [0.15, 0.2) is 0 Å². The molecule has 2 unspecified atom stereocenters. The Kier molecular flexibility index (Phi) is 5.94. The largest absolute Gasteiger partial charge is 0.468 e. The number of methoxy groups -OCH3 is 1. The molecule has 1 rings (SSSR count). The first-order chi connectivity index (χ1) is 8.85. The van der Waals surface area contributed by atoms with Crippen molar-refractivity contribution in [2.24, 2.45) is 5.92 Å². The highest BCUT2D eigenvalue weighted by Gasteiger charge is 2.24. The highest BCUT2D eigenvalue weighted by atomic mass is 32.1. The topological polar surface area (TPSA) is 51.2 Å². The fraction of sp³-hybridized carbons (Fsp3) is 0.714. The van der Waals surface area contributed by atoms with E-state index in [1.165, 1.54) is 12.0 Å². The molecule has 4 nitrogen and oxygen atoms in total. The van der Waals surface area contributed by atoms with E-state index in [1.54, 1.807) is 11.3 Å². The van der Waals surface area contributed by atoms with E-state index in [4.69, 9.17) is 4.74 Å². The van der Waals surface area contributed by atoms with Gasteiger partial charge < -0.3 is 4.74 Å². The summed E-state index contributed by atoms with van der Waals surface area (Å²) in [6.45, 7) is 10.3. The van der Waals surface area contributed by atoms with Crippen molar-refractivity contribution in [3.63, 3.8) is 0 Å². The van der Waals surface area contributed by atoms with Crippen LogP contribution in [0, 0.1) is 19.8 Å². The van der Waals surface area contributed by atoms with Gasteiger partial charge in [0.25, 0.3) is 0 Å². The van der Waals surface area contributed by atoms with E-state index in [1.807, 2.05) is 13.8 Å². The maximum atomic E-state index is 11.8. The van der Waals surface area contributed by atoms with E-state index in [0.29, 0.717) is 5.92 Å². The summed E-state index contributed by atoms with van der Waals surface area (Å²) in [5, 5.41) is 4.39. The molecule has 0 aromatic carbocycles. The molecule has 2 atom stereocenters. The van der Waals surface area contributed by atoms with Gasteiger partial charge in [0.2, 0.25) is 0 Å². The zero-order chi connectivity index (χ0) is 14.6. The minimum atomic E-state index is -0.276. The van der Waals surface area contributed by atoms with E-state index in [0.717, 1.165) is 17.1 Å². The molecule has 0 radical (unpaired) electrons. The second-order valence-electron chi connectivity index (χ2n) is 5.27. The predicted molar refractivity (Wildman–Crippen MR) is 78.4 cm³/mol. The molecular formula is C14H24N2O2S. The molecule has 0 saturated heterocycles. The second kappa shape index (κ2) is 7.01. The number of aromatic nitrogens is 1. The average Bonchev–Trinajstić information content (AvgIpc) is 2.66. The van der Waals surface area contributed by atoms with Gasteiger partial charge >= 0.3 is 5.97 Å². The van der Waals surface area contributed by atoms with Crippen LogP contribution in [0.2, 0.25) is 0 Å². The van der Waals surface area contributed by atoms with E-state index in [9.17, 15) is 4.79 Å². The standard InChI is InChI=1S/C14H24N2O2S/c1-8(2)7-12(14(17)18-6)15-9(3)13-10(4)19-11(5)16-13/h8-9,12,15H,7H2,1-6H3. The first-order valence-electron chi connectivity index (χ1n) is 6.63. The SMILES string of the molecule is COC(=O)C(CC(C)C)NC(C)c1nc(C)sc1C. The average molecular weight is 284 g/mol. The molecule has 108 valence electrons. The van der Waals surface area contributed by atoms with Gasteiger partial charge in [-0.3, -0.25) is 10.1 Å². The minimum absolute atomic E-state index is 0.0489. The van der Waals surface area contributed by atoms with Gasteiger partial charge in [-0.1, -0.05) is 13.8 Å². The summed E-state index contributed by atoms with van der Waals surface area (Å²) in [4.78, 5) is 17.5. The Morgan fingerprint density at radius 2 is 2.00 bits per heavy atom. The van der Waals surface area contributed by atoms with E-state index < -0.39 is 0 Å². The minimum Gasteiger partial charge on any atom is -0.468 e. The fourth-order valence-electron chi connectivity index (χ4n) is 2.17. The van der Waals surface area contributed by atoms with Crippen molar-refractivity contribution >= 4 is 17.3 Å². The number of thiazole rings is 1. The number of nitrogens with zero attached hydrogens (tertiary/aromatic N) is 1. The Balaban J connectivity index is 2.78. The molecule has 1 heterocycles. The molecule has 0 fully saturated rings. The Labute approximate surface area is 119 Å². The molecule has 0 aliphatic heterocycles. The highest BCUT2D eigenvalue weighted by molar-refractivity contribution is 7.11. The van der Waals surface area contributed by atoms with E-state index in [2.05, 4.69) is 31.1 Å². The van der Waals surface area contributed by atoms with Crippen molar-refractivity contribution in [3.05, 3.63) is 15.6 Å². The Bertz CT molecular complexity index is 429. The predicted octanol–water partition coefficient (Wildman–Crippen LogP) is 3.00. The van der Waals surface area contributed by atoms with Gasteiger partial charge in [-0.05, 0) is 33.1 Å². The van der Waals surface area contributed by atoms with Gasteiger partial charge in [0, 0.05) is 10.9 Å². The first kappa shape index (κ1) is 16.1. The van der Waals surface area contributed by atoms with Crippen LogP contribution in [0.4, 0.5) is 0 Å². The molecule has 0 aliphatic rings. The molecule has 0 amide bonds. The molecule has 5 heteroatoms. The summed E-state index contributed by atoms with van der Waals surface area (Å²) in [6.07, 6.45) is 0.763. The van der Waals surface area contributed by atoms with Crippen LogP contribution in [-0.2, 0) is 9.53 Å². The van der Waals surface area contributed by atoms with Crippen LogP contribution in [0.3, 0.4) is 0 Å². The van der Waals surface area contributed by atoms with Crippen molar-refractivity contribution < 1.29 is 9.53 Å². The van der Waals surface area contributed by atoms with Gasteiger partial charge in [-0.2, -0.15) is 0 Å². The monoisotopic (exact) mass is 284 g/mol.